The molecule has 0 aliphatic rings. The normalized spacial score (nSPS) is 12.4. The Morgan fingerprint density at radius 1 is 1.11 bits per heavy atom. The molecule has 0 spiro atoms. The van der Waals surface area contributed by atoms with Gasteiger partial charge < -0.3 is 14.8 Å². The minimum Gasteiger partial charge on any atom is -0.492 e. The highest BCUT2D eigenvalue weighted by Gasteiger charge is 2.15. The van der Waals surface area contributed by atoms with Gasteiger partial charge in [0.05, 0.1) is 6.54 Å². The number of carbonyl (C=O) groups is 1. The summed E-state index contributed by atoms with van der Waals surface area (Å²) in [6, 6.07) is 13.4. The van der Waals surface area contributed by atoms with Crippen LogP contribution < -0.4 is 14.8 Å². The van der Waals surface area contributed by atoms with Crippen LogP contribution in [-0.2, 0) is 10.2 Å². The average molecular weight is 390 g/mol. The average Bonchev–Trinajstić information content (AvgIpc) is 2.61. The summed E-state index contributed by atoms with van der Waals surface area (Å²) in [4.78, 5) is 12.1. The fraction of sp³-hybridized carbons (Fsp3) is 0.409. The molecule has 0 heterocycles. The number of hydrogen-bond donors (Lipinski definition) is 1. The number of ether oxygens (including phenoxy) is 2. The highest BCUT2D eigenvalue weighted by Crippen LogP contribution is 2.24. The van der Waals surface area contributed by atoms with E-state index in [1.54, 1.807) is 19.1 Å². The van der Waals surface area contributed by atoms with Crippen molar-refractivity contribution < 1.29 is 14.3 Å². The molecule has 0 fully saturated rings. The molecule has 5 heteroatoms. The van der Waals surface area contributed by atoms with E-state index in [2.05, 4.69) is 38.2 Å². The van der Waals surface area contributed by atoms with Crippen molar-refractivity contribution in [1.29, 1.82) is 0 Å². The van der Waals surface area contributed by atoms with Gasteiger partial charge in [-0.25, -0.2) is 0 Å². The Balaban J connectivity index is 1.74. The number of benzene rings is 2. The van der Waals surface area contributed by atoms with Crippen LogP contribution >= 0.6 is 11.6 Å². The molecule has 0 saturated carbocycles. The summed E-state index contributed by atoms with van der Waals surface area (Å²) in [7, 11) is 0. The summed E-state index contributed by atoms with van der Waals surface area (Å²) in [5.74, 6) is 1.22. The summed E-state index contributed by atoms with van der Waals surface area (Å²) < 4.78 is 11.3. The molecule has 0 bridgehead atoms. The zero-order chi connectivity index (χ0) is 20.0. The zero-order valence-corrected chi connectivity index (χ0v) is 17.4. The lowest BCUT2D eigenvalue weighted by Crippen LogP contribution is -2.38. The van der Waals surface area contributed by atoms with Gasteiger partial charge in [-0.3, -0.25) is 4.79 Å². The van der Waals surface area contributed by atoms with Gasteiger partial charge in [-0.1, -0.05) is 44.5 Å². The molecular formula is C22H28ClNO3. The third kappa shape index (κ3) is 6.47. The van der Waals surface area contributed by atoms with Gasteiger partial charge in [0.25, 0.3) is 5.91 Å². The van der Waals surface area contributed by atoms with E-state index in [4.69, 9.17) is 21.1 Å². The molecular weight excluding hydrogens is 362 g/mol. The summed E-state index contributed by atoms with van der Waals surface area (Å²) in [5, 5.41) is 3.49. The predicted octanol–water partition coefficient (Wildman–Crippen LogP) is 4.91. The molecule has 2 aromatic carbocycles. The molecule has 0 radical (unpaired) electrons. The van der Waals surface area contributed by atoms with E-state index in [1.165, 1.54) is 5.56 Å². The van der Waals surface area contributed by atoms with Crippen molar-refractivity contribution >= 4 is 17.5 Å². The number of nitrogens with one attached hydrogen (secondary N) is 1. The van der Waals surface area contributed by atoms with E-state index in [0.717, 1.165) is 11.3 Å². The molecule has 0 aliphatic carbocycles. The van der Waals surface area contributed by atoms with Crippen molar-refractivity contribution in [2.75, 3.05) is 13.2 Å². The zero-order valence-electron chi connectivity index (χ0n) is 16.6. The topological polar surface area (TPSA) is 47.6 Å². The molecule has 2 rings (SSSR count). The molecule has 146 valence electrons. The number of halogens is 1. The first-order chi connectivity index (χ1) is 12.7. The van der Waals surface area contributed by atoms with Crippen molar-refractivity contribution in [3.8, 4) is 11.5 Å². The first kappa shape index (κ1) is 21.1. The van der Waals surface area contributed by atoms with Crippen LogP contribution in [0.5, 0.6) is 11.5 Å². The maximum Gasteiger partial charge on any atom is 0.260 e. The van der Waals surface area contributed by atoms with E-state index in [0.29, 0.717) is 23.9 Å². The molecule has 0 unspecified atom stereocenters. The molecule has 0 saturated heterocycles. The van der Waals surface area contributed by atoms with Gasteiger partial charge in [0.1, 0.15) is 18.1 Å². The van der Waals surface area contributed by atoms with Gasteiger partial charge in [-0.15, -0.1) is 0 Å². The molecule has 27 heavy (non-hydrogen) atoms. The second-order valence-corrected chi connectivity index (χ2v) is 7.99. The highest BCUT2D eigenvalue weighted by atomic mass is 35.5. The number of aryl methyl sites for hydroxylation is 1. The van der Waals surface area contributed by atoms with Crippen LogP contribution in [0.4, 0.5) is 0 Å². The maximum absolute atomic E-state index is 12.1. The summed E-state index contributed by atoms with van der Waals surface area (Å²) in [5.41, 5.74) is 2.28. The lowest BCUT2D eigenvalue weighted by Gasteiger charge is -2.19. The van der Waals surface area contributed by atoms with E-state index in [1.807, 2.05) is 25.1 Å². The second-order valence-electron chi connectivity index (χ2n) is 7.58. The largest absolute Gasteiger partial charge is 0.492 e. The third-order valence-electron chi connectivity index (χ3n) is 4.20. The van der Waals surface area contributed by atoms with Crippen molar-refractivity contribution in [1.82, 2.24) is 5.32 Å². The fourth-order valence-corrected chi connectivity index (χ4v) is 2.60. The van der Waals surface area contributed by atoms with Crippen LogP contribution in [0.25, 0.3) is 0 Å². The van der Waals surface area contributed by atoms with Crippen LogP contribution in [0, 0.1) is 6.92 Å². The van der Waals surface area contributed by atoms with Crippen LogP contribution in [0.3, 0.4) is 0 Å². The number of amides is 1. The first-order valence-electron chi connectivity index (χ1n) is 9.10. The Bertz CT molecular complexity index is 766. The van der Waals surface area contributed by atoms with Crippen molar-refractivity contribution in [3.63, 3.8) is 0 Å². The van der Waals surface area contributed by atoms with Gasteiger partial charge in [0.2, 0.25) is 0 Å². The molecule has 0 aliphatic heterocycles. The Morgan fingerprint density at radius 3 is 2.33 bits per heavy atom. The van der Waals surface area contributed by atoms with Gasteiger partial charge >= 0.3 is 0 Å². The molecule has 0 aromatic heterocycles. The minimum atomic E-state index is -0.600. The SMILES string of the molecule is Cc1cc(O[C@@H](C)C(=O)NCCOc2ccc(C(C)(C)C)cc2)ccc1Cl. The van der Waals surface area contributed by atoms with Crippen LogP contribution in [0.1, 0.15) is 38.8 Å². The monoisotopic (exact) mass is 389 g/mol. The fourth-order valence-electron chi connectivity index (χ4n) is 2.49. The third-order valence-corrected chi connectivity index (χ3v) is 4.63. The Morgan fingerprint density at radius 2 is 1.74 bits per heavy atom. The smallest absolute Gasteiger partial charge is 0.260 e. The second kappa shape index (κ2) is 9.14. The number of hydrogen-bond acceptors (Lipinski definition) is 3. The first-order valence-corrected chi connectivity index (χ1v) is 9.48. The van der Waals surface area contributed by atoms with Crippen molar-refractivity contribution in [3.05, 3.63) is 58.6 Å². The number of carbonyl (C=O) groups excluding carboxylic acids is 1. The maximum atomic E-state index is 12.1. The van der Waals surface area contributed by atoms with Crippen LogP contribution in [0.2, 0.25) is 5.02 Å². The van der Waals surface area contributed by atoms with E-state index in [-0.39, 0.29) is 11.3 Å². The van der Waals surface area contributed by atoms with E-state index < -0.39 is 6.10 Å². The molecule has 1 atom stereocenters. The predicted molar refractivity (Wildman–Crippen MR) is 110 cm³/mol. The molecule has 1 N–H and O–H groups in total. The Hall–Kier alpha value is -2.20. The van der Waals surface area contributed by atoms with E-state index in [9.17, 15) is 4.79 Å². The summed E-state index contributed by atoms with van der Waals surface area (Å²) in [6.07, 6.45) is -0.600. The standard InChI is InChI=1S/C22H28ClNO3/c1-15-14-19(10-11-20(15)23)27-16(2)21(25)24-12-13-26-18-8-6-17(7-9-18)22(3,4)5/h6-11,14,16H,12-13H2,1-5H3,(H,24,25)/t16-/m0/s1. The number of rotatable bonds is 7. The van der Waals surface area contributed by atoms with Gasteiger partial charge in [0, 0.05) is 5.02 Å². The molecule has 2 aromatic rings. The summed E-state index contributed by atoms with van der Waals surface area (Å²) >= 11 is 6.00. The lowest BCUT2D eigenvalue weighted by atomic mass is 9.87. The molecule has 1 amide bonds. The van der Waals surface area contributed by atoms with Gasteiger partial charge in [-0.2, -0.15) is 0 Å². The van der Waals surface area contributed by atoms with Crippen molar-refractivity contribution in [2.24, 2.45) is 0 Å². The van der Waals surface area contributed by atoms with Crippen LogP contribution in [-0.4, -0.2) is 25.2 Å². The minimum absolute atomic E-state index is 0.116. The van der Waals surface area contributed by atoms with E-state index >= 15 is 0 Å². The highest BCUT2D eigenvalue weighted by molar-refractivity contribution is 6.31. The van der Waals surface area contributed by atoms with Gasteiger partial charge in [-0.05, 0) is 60.7 Å². The Kier molecular flexibility index (Phi) is 7.14. The quantitative estimate of drug-likeness (QED) is 0.684. The van der Waals surface area contributed by atoms with Crippen molar-refractivity contribution in [2.45, 2.75) is 46.1 Å². The van der Waals surface area contributed by atoms with Gasteiger partial charge in [0.15, 0.2) is 6.10 Å². The summed E-state index contributed by atoms with van der Waals surface area (Å²) in [6.45, 7) is 10.9. The molecule has 4 nitrogen and oxygen atoms in total. The van der Waals surface area contributed by atoms with Crippen LogP contribution in [0.15, 0.2) is 42.5 Å². The Labute approximate surface area is 166 Å². The lowest BCUT2D eigenvalue weighted by molar-refractivity contribution is -0.127.